The van der Waals surface area contributed by atoms with Gasteiger partial charge in [0.15, 0.2) is 10.8 Å². The van der Waals surface area contributed by atoms with Crippen LogP contribution >= 0.6 is 11.8 Å². The van der Waals surface area contributed by atoms with Crippen LogP contribution in [0.1, 0.15) is 0 Å². The van der Waals surface area contributed by atoms with E-state index < -0.39 is 0 Å². The Morgan fingerprint density at radius 2 is 2.36 bits per heavy atom. The average Bonchev–Trinajstić information content (AvgIpc) is 2.83. The Hall–Kier alpha value is -1.63. The van der Waals surface area contributed by atoms with Crippen LogP contribution in [0.25, 0.3) is 11.4 Å². The number of fused-ring (bicyclic) bond motifs is 3. The van der Waals surface area contributed by atoms with E-state index in [0.717, 1.165) is 10.8 Å². The van der Waals surface area contributed by atoms with Crippen molar-refractivity contribution in [3.8, 4) is 0 Å². The standard InChI is InChI=1S/C7H6N6S/c1-14-7-10-5-2-3-9-13(5)6-11-8-4-12(6)7/h2-4H,1H3. The molecule has 3 aromatic rings. The van der Waals surface area contributed by atoms with Gasteiger partial charge in [0.05, 0.1) is 6.20 Å². The van der Waals surface area contributed by atoms with Crippen molar-refractivity contribution in [2.75, 3.05) is 6.26 Å². The number of aromatic nitrogens is 6. The molecule has 0 aliphatic rings. The van der Waals surface area contributed by atoms with Crippen LogP contribution < -0.4 is 0 Å². The van der Waals surface area contributed by atoms with E-state index in [1.807, 2.05) is 16.7 Å². The van der Waals surface area contributed by atoms with Crippen molar-refractivity contribution in [1.29, 1.82) is 0 Å². The van der Waals surface area contributed by atoms with Crippen molar-refractivity contribution < 1.29 is 0 Å². The molecule has 3 rings (SSSR count). The monoisotopic (exact) mass is 206 g/mol. The van der Waals surface area contributed by atoms with E-state index >= 15 is 0 Å². The molecule has 0 radical (unpaired) electrons. The Morgan fingerprint density at radius 1 is 1.43 bits per heavy atom. The van der Waals surface area contributed by atoms with E-state index in [4.69, 9.17) is 0 Å². The zero-order chi connectivity index (χ0) is 9.54. The molecule has 0 bridgehead atoms. The van der Waals surface area contributed by atoms with Crippen LogP contribution in [0.15, 0.2) is 23.7 Å². The van der Waals surface area contributed by atoms with Gasteiger partial charge in [-0.05, 0) is 6.26 Å². The first-order chi connectivity index (χ1) is 6.90. The van der Waals surface area contributed by atoms with Crippen molar-refractivity contribution in [2.45, 2.75) is 5.16 Å². The summed E-state index contributed by atoms with van der Waals surface area (Å²) >= 11 is 1.55. The maximum absolute atomic E-state index is 4.40. The molecule has 0 unspecified atom stereocenters. The summed E-state index contributed by atoms with van der Waals surface area (Å²) in [5, 5.41) is 12.8. The topological polar surface area (TPSA) is 60.4 Å². The normalized spacial score (nSPS) is 11.5. The van der Waals surface area contributed by atoms with Gasteiger partial charge in [-0.3, -0.25) is 0 Å². The van der Waals surface area contributed by atoms with E-state index in [1.54, 1.807) is 28.8 Å². The molecule has 14 heavy (non-hydrogen) atoms. The van der Waals surface area contributed by atoms with Gasteiger partial charge in [-0.15, -0.1) is 10.2 Å². The fraction of sp³-hybridized carbons (Fsp3) is 0.143. The van der Waals surface area contributed by atoms with E-state index in [9.17, 15) is 0 Å². The van der Waals surface area contributed by atoms with Gasteiger partial charge in [0.25, 0.3) is 5.78 Å². The van der Waals surface area contributed by atoms with Gasteiger partial charge in [-0.2, -0.15) is 9.61 Å². The largest absolute Gasteiger partial charge is 0.260 e. The third kappa shape index (κ3) is 0.869. The van der Waals surface area contributed by atoms with Crippen LogP contribution in [0, 0.1) is 0 Å². The molecule has 70 valence electrons. The summed E-state index contributed by atoms with van der Waals surface area (Å²) in [5.74, 6) is 0.685. The SMILES string of the molecule is CSc1nc2ccnn2c2nncn12. The molecule has 0 aliphatic carbocycles. The van der Waals surface area contributed by atoms with Crippen LogP contribution in [0.4, 0.5) is 0 Å². The predicted molar refractivity (Wildman–Crippen MR) is 51.3 cm³/mol. The second-order valence-electron chi connectivity index (χ2n) is 2.70. The van der Waals surface area contributed by atoms with Crippen LogP contribution in [-0.2, 0) is 0 Å². The van der Waals surface area contributed by atoms with E-state index in [-0.39, 0.29) is 0 Å². The lowest BCUT2D eigenvalue weighted by atomic mass is 10.7. The fourth-order valence-electron chi connectivity index (χ4n) is 1.34. The molecule has 7 heteroatoms. The fourth-order valence-corrected chi connectivity index (χ4v) is 1.85. The zero-order valence-corrected chi connectivity index (χ0v) is 8.14. The molecule has 0 fully saturated rings. The quantitative estimate of drug-likeness (QED) is 0.542. The molecule has 0 aromatic carbocycles. The van der Waals surface area contributed by atoms with E-state index in [0.29, 0.717) is 5.78 Å². The Labute approximate surface area is 83.0 Å². The first kappa shape index (κ1) is 7.74. The van der Waals surface area contributed by atoms with Crippen LogP contribution in [0.5, 0.6) is 0 Å². The molecular formula is C7H6N6S. The summed E-state index contributed by atoms with van der Waals surface area (Å²) in [6, 6.07) is 1.84. The summed E-state index contributed by atoms with van der Waals surface area (Å²) in [6.07, 6.45) is 5.30. The van der Waals surface area contributed by atoms with Crippen molar-refractivity contribution >= 4 is 23.2 Å². The summed E-state index contributed by atoms with van der Waals surface area (Å²) in [6.45, 7) is 0. The Bertz CT molecular complexity index is 596. The van der Waals surface area contributed by atoms with Gasteiger partial charge in [-0.1, -0.05) is 11.8 Å². The highest BCUT2D eigenvalue weighted by Crippen LogP contribution is 2.14. The highest BCUT2D eigenvalue weighted by Gasteiger charge is 2.08. The molecule has 0 saturated carbocycles. The molecule has 6 nitrogen and oxygen atoms in total. The predicted octanol–water partition coefficient (Wildman–Crippen LogP) is 0.494. The lowest BCUT2D eigenvalue weighted by Crippen LogP contribution is -2.01. The smallest absolute Gasteiger partial charge is 0.244 e. The minimum Gasteiger partial charge on any atom is -0.244 e. The average molecular weight is 206 g/mol. The number of hydrogen-bond donors (Lipinski definition) is 0. The van der Waals surface area contributed by atoms with Gasteiger partial charge in [0, 0.05) is 6.07 Å². The maximum atomic E-state index is 4.40. The molecule has 3 heterocycles. The van der Waals surface area contributed by atoms with Crippen molar-refractivity contribution in [2.24, 2.45) is 0 Å². The van der Waals surface area contributed by atoms with Gasteiger partial charge >= 0.3 is 0 Å². The number of nitrogens with zero attached hydrogens (tertiary/aromatic N) is 6. The van der Waals surface area contributed by atoms with Gasteiger partial charge in [-0.25, -0.2) is 9.38 Å². The van der Waals surface area contributed by atoms with E-state index in [2.05, 4.69) is 20.3 Å². The van der Waals surface area contributed by atoms with Gasteiger partial charge in [0.1, 0.15) is 6.33 Å². The third-order valence-corrected chi connectivity index (χ3v) is 2.59. The number of hydrogen-bond acceptors (Lipinski definition) is 5. The van der Waals surface area contributed by atoms with Crippen LogP contribution in [0.3, 0.4) is 0 Å². The van der Waals surface area contributed by atoms with Crippen molar-refractivity contribution in [3.05, 3.63) is 18.6 Å². The third-order valence-electron chi connectivity index (χ3n) is 1.94. The first-order valence-corrected chi connectivity index (χ1v) is 5.20. The zero-order valence-electron chi connectivity index (χ0n) is 7.32. The van der Waals surface area contributed by atoms with Crippen molar-refractivity contribution in [1.82, 2.24) is 29.2 Å². The Balaban J connectivity index is 2.59. The Kier molecular flexibility index (Phi) is 1.48. The minimum atomic E-state index is 0.685. The van der Waals surface area contributed by atoms with E-state index in [1.165, 1.54) is 0 Å². The summed E-state index contributed by atoms with van der Waals surface area (Å²) in [5.41, 5.74) is 0.787. The molecule has 0 saturated heterocycles. The summed E-state index contributed by atoms with van der Waals surface area (Å²) in [7, 11) is 0. The van der Waals surface area contributed by atoms with Crippen molar-refractivity contribution in [3.63, 3.8) is 0 Å². The number of rotatable bonds is 1. The molecule has 3 aromatic heterocycles. The van der Waals surface area contributed by atoms with Crippen LogP contribution in [0.2, 0.25) is 0 Å². The highest BCUT2D eigenvalue weighted by molar-refractivity contribution is 7.98. The highest BCUT2D eigenvalue weighted by atomic mass is 32.2. The summed E-state index contributed by atoms with van der Waals surface area (Å²) < 4.78 is 3.47. The number of thioether (sulfide) groups is 1. The summed E-state index contributed by atoms with van der Waals surface area (Å²) in [4.78, 5) is 4.40. The minimum absolute atomic E-state index is 0.685. The second-order valence-corrected chi connectivity index (χ2v) is 3.47. The lowest BCUT2D eigenvalue weighted by Gasteiger charge is -2.00. The van der Waals surface area contributed by atoms with Gasteiger partial charge < -0.3 is 0 Å². The van der Waals surface area contributed by atoms with Crippen LogP contribution in [-0.4, -0.2) is 35.5 Å². The molecular weight excluding hydrogens is 200 g/mol. The molecule has 0 aliphatic heterocycles. The lowest BCUT2D eigenvalue weighted by molar-refractivity contribution is 0.824. The molecule has 0 atom stereocenters. The molecule has 0 spiro atoms. The van der Waals surface area contributed by atoms with Gasteiger partial charge in [0.2, 0.25) is 0 Å². The molecule has 0 N–H and O–H groups in total. The first-order valence-electron chi connectivity index (χ1n) is 3.97. The Morgan fingerprint density at radius 3 is 3.21 bits per heavy atom. The molecule has 0 amide bonds. The second kappa shape index (κ2) is 2.68. The maximum Gasteiger partial charge on any atom is 0.260 e.